The van der Waals surface area contributed by atoms with Gasteiger partial charge >= 0.3 is 0 Å². The molecule has 2 amide bonds. The molecule has 0 spiro atoms. The largest absolute Gasteiger partial charge is 0.508 e. The number of imide groups is 1. The number of aromatic hydroxyl groups is 1. The van der Waals surface area contributed by atoms with Gasteiger partial charge in [-0.3, -0.25) is 24.1 Å². The predicted molar refractivity (Wildman–Crippen MR) is 201 cm³/mol. The molecule has 4 aromatic carbocycles. The number of phenolic OH excluding ortho intramolecular Hbond substituents is 1. The van der Waals surface area contributed by atoms with E-state index in [9.17, 15) is 14.7 Å². The second-order valence-corrected chi connectivity index (χ2v) is 15.0. The second-order valence-electron chi connectivity index (χ2n) is 15.0. The zero-order valence-electron chi connectivity index (χ0n) is 29.5. The van der Waals surface area contributed by atoms with Crippen molar-refractivity contribution < 1.29 is 29.0 Å². The quantitative estimate of drug-likeness (QED) is 0.185. The Morgan fingerprint density at radius 1 is 0.774 bits per heavy atom. The summed E-state index contributed by atoms with van der Waals surface area (Å²) in [5.41, 5.74) is 4.34. The molecular formula is C45H40N2O6. The fourth-order valence-electron chi connectivity index (χ4n) is 10.00. The Bertz CT molecular complexity index is 2200. The van der Waals surface area contributed by atoms with Gasteiger partial charge in [-0.1, -0.05) is 84.4 Å². The van der Waals surface area contributed by atoms with E-state index in [1.165, 1.54) is 11.0 Å². The third-order valence-electron chi connectivity index (χ3n) is 12.4. The minimum atomic E-state index is -1.31. The molecule has 2 aliphatic heterocycles. The highest BCUT2D eigenvalue weighted by Gasteiger charge is 2.66. The number of Topliss-reactive ketones (excluding diaryl/α,β-unsaturated/α-hetero) is 1. The van der Waals surface area contributed by atoms with Gasteiger partial charge in [0.25, 0.3) is 0 Å². The van der Waals surface area contributed by atoms with Gasteiger partial charge < -0.3 is 14.7 Å². The number of hydrogen-bond acceptors (Lipinski definition) is 7. The van der Waals surface area contributed by atoms with Crippen LogP contribution >= 0.6 is 0 Å². The van der Waals surface area contributed by atoms with E-state index in [2.05, 4.69) is 11.0 Å². The van der Waals surface area contributed by atoms with Gasteiger partial charge in [0.2, 0.25) is 11.8 Å². The highest BCUT2D eigenvalue weighted by Crippen LogP contribution is 2.64. The van der Waals surface area contributed by atoms with E-state index in [-0.39, 0.29) is 35.6 Å². The van der Waals surface area contributed by atoms with Gasteiger partial charge in [-0.05, 0) is 84.3 Å². The van der Waals surface area contributed by atoms with Crippen molar-refractivity contribution in [3.8, 4) is 5.75 Å². The first-order valence-electron chi connectivity index (χ1n) is 18.5. The number of anilines is 2. The molecule has 4 aromatic rings. The van der Waals surface area contributed by atoms with Crippen LogP contribution in [0.15, 0.2) is 121 Å². The molecule has 1 N–H and O–H groups in total. The first kappa shape index (κ1) is 33.3. The number of morpholine rings is 1. The highest BCUT2D eigenvalue weighted by molar-refractivity contribution is 6.32. The average molecular weight is 705 g/mol. The van der Waals surface area contributed by atoms with Crippen molar-refractivity contribution in [3.63, 3.8) is 0 Å². The number of phenols is 1. The van der Waals surface area contributed by atoms with Crippen LogP contribution in [-0.4, -0.2) is 54.8 Å². The molecule has 53 heavy (non-hydrogen) atoms. The maximum absolute atomic E-state index is 15.2. The van der Waals surface area contributed by atoms with E-state index in [4.69, 9.17) is 4.74 Å². The van der Waals surface area contributed by atoms with Gasteiger partial charge in [0, 0.05) is 36.2 Å². The monoisotopic (exact) mass is 704 g/mol. The molecule has 9 rings (SSSR count). The lowest BCUT2D eigenvalue weighted by Gasteiger charge is -2.55. The summed E-state index contributed by atoms with van der Waals surface area (Å²) in [6.07, 6.45) is 4.19. The van der Waals surface area contributed by atoms with Crippen molar-refractivity contribution in [3.05, 3.63) is 143 Å². The average Bonchev–Trinajstić information content (AvgIpc) is 3.46. The maximum atomic E-state index is 15.2. The molecule has 8 nitrogen and oxygen atoms in total. The van der Waals surface area contributed by atoms with E-state index in [0.29, 0.717) is 42.0 Å². The van der Waals surface area contributed by atoms with E-state index in [0.717, 1.165) is 35.5 Å². The lowest BCUT2D eigenvalue weighted by Crippen LogP contribution is -2.58. The fourth-order valence-corrected chi connectivity index (χ4v) is 10.00. The van der Waals surface area contributed by atoms with Crippen molar-refractivity contribution in [2.24, 2.45) is 23.7 Å². The Morgan fingerprint density at radius 2 is 1.45 bits per heavy atom. The molecule has 2 heterocycles. The van der Waals surface area contributed by atoms with Crippen molar-refractivity contribution >= 4 is 40.3 Å². The van der Waals surface area contributed by atoms with Crippen LogP contribution in [0.5, 0.6) is 5.75 Å². The van der Waals surface area contributed by atoms with Crippen molar-refractivity contribution in [2.75, 3.05) is 36.1 Å². The molecule has 2 saturated heterocycles. The number of allylic oxidation sites excluding steroid dienone is 4. The summed E-state index contributed by atoms with van der Waals surface area (Å²) >= 11 is 0. The first-order valence-corrected chi connectivity index (χ1v) is 18.5. The topological polar surface area (TPSA) is 104 Å². The highest BCUT2D eigenvalue weighted by atomic mass is 16.5. The number of ether oxygens (including phenoxy) is 1. The first-order chi connectivity index (χ1) is 25.8. The lowest BCUT2D eigenvalue weighted by atomic mass is 9.44. The van der Waals surface area contributed by atoms with Crippen LogP contribution in [0.1, 0.15) is 41.0 Å². The normalized spacial score (nSPS) is 28.2. The van der Waals surface area contributed by atoms with E-state index in [1.54, 1.807) is 6.07 Å². The summed E-state index contributed by atoms with van der Waals surface area (Å²) in [6, 6.07) is 31.8. The zero-order valence-corrected chi connectivity index (χ0v) is 29.5. The molecule has 3 fully saturated rings. The Hall–Kier alpha value is -5.60. The Balaban J connectivity index is 1.19. The van der Waals surface area contributed by atoms with Crippen LogP contribution in [-0.2, 0) is 29.3 Å². The Kier molecular flexibility index (Phi) is 8.04. The maximum Gasteiger partial charge on any atom is 0.238 e. The minimum absolute atomic E-state index is 0.133. The smallest absolute Gasteiger partial charge is 0.238 e. The summed E-state index contributed by atoms with van der Waals surface area (Å²) in [4.78, 5) is 62.8. The summed E-state index contributed by atoms with van der Waals surface area (Å²) in [6.45, 7) is 4.67. The molecule has 0 radical (unpaired) electrons. The number of rotatable bonds is 5. The van der Waals surface area contributed by atoms with Gasteiger partial charge in [0.15, 0.2) is 11.6 Å². The predicted octanol–water partition coefficient (Wildman–Crippen LogP) is 6.57. The van der Waals surface area contributed by atoms with Crippen LogP contribution in [0.4, 0.5) is 11.4 Å². The third kappa shape index (κ3) is 5.06. The van der Waals surface area contributed by atoms with Gasteiger partial charge in [-0.15, -0.1) is 0 Å². The molecule has 6 unspecified atom stereocenters. The van der Waals surface area contributed by atoms with Crippen LogP contribution < -0.4 is 9.80 Å². The number of amides is 2. The molecule has 5 aliphatic rings. The fraction of sp³-hybridized carbons (Fsp3) is 0.289. The second kappa shape index (κ2) is 12.8. The summed E-state index contributed by atoms with van der Waals surface area (Å²) < 4.78 is 5.51. The Morgan fingerprint density at radius 3 is 2.15 bits per heavy atom. The van der Waals surface area contributed by atoms with Crippen molar-refractivity contribution in [2.45, 2.75) is 31.1 Å². The minimum Gasteiger partial charge on any atom is -0.508 e. The molecule has 0 bridgehead atoms. The van der Waals surface area contributed by atoms with Crippen LogP contribution in [0.25, 0.3) is 5.57 Å². The number of hydrogen-bond donors (Lipinski definition) is 1. The number of fused-ring (bicyclic) bond motifs is 4. The number of benzene rings is 4. The van der Waals surface area contributed by atoms with Gasteiger partial charge in [-0.2, -0.15) is 0 Å². The molecule has 6 atom stereocenters. The van der Waals surface area contributed by atoms with Crippen LogP contribution in [0, 0.1) is 30.6 Å². The lowest BCUT2D eigenvalue weighted by molar-refractivity contribution is -0.135. The molecule has 8 heteroatoms. The van der Waals surface area contributed by atoms with Crippen molar-refractivity contribution in [1.82, 2.24) is 0 Å². The zero-order chi connectivity index (χ0) is 36.4. The summed E-state index contributed by atoms with van der Waals surface area (Å²) in [5.74, 6) is -3.85. The van der Waals surface area contributed by atoms with Crippen molar-refractivity contribution in [1.29, 1.82) is 0 Å². The van der Waals surface area contributed by atoms with E-state index < -0.39 is 35.0 Å². The third-order valence-corrected chi connectivity index (χ3v) is 12.4. The van der Waals surface area contributed by atoms with Crippen LogP contribution in [0.3, 0.4) is 0 Å². The van der Waals surface area contributed by atoms with Gasteiger partial charge in [0.05, 0.1) is 36.2 Å². The van der Waals surface area contributed by atoms with Gasteiger partial charge in [0.1, 0.15) is 5.75 Å². The van der Waals surface area contributed by atoms with Crippen LogP contribution in [0.2, 0.25) is 0 Å². The molecule has 266 valence electrons. The van der Waals surface area contributed by atoms with E-state index >= 15 is 9.59 Å². The summed E-state index contributed by atoms with van der Waals surface area (Å²) in [5, 5.41) is 10.6. The number of carbonyl (C=O) groups is 4. The standard InChI is InChI=1S/C45H40N2O6/c1-27-24-29(12-19-38(27)48)41-33-17-18-34-40(44(52)47(43(34)51)32-15-13-31(14-16-32)46-20-22-53-23-21-46)36(33)25-37-42(50)35(28-8-4-2-5-9-28)26-39(49)45(37,41)30-10-6-3-7-11-30/h2-17,19,24,26,34,36-37,40-41,48H,18,20-23,25H2,1H3. The Labute approximate surface area is 308 Å². The summed E-state index contributed by atoms with van der Waals surface area (Å²) in [7, 11) is 0. The number of carbonyl (C=O) groups excluding carboxylic acids is 4. The number of ketones is 2. The SMILES string of the molecule is Cc1cc(C2C3=CCC4C(=O)N(c5ccc(N6CCOCC6)cc5)C(=O)C4C3CC3C(=O)C(c4ccccc4)=CC(=O)C32c2ccccc2)ccc1O. The molecule has 3 aliphatic carbocycles. The number of nitrogens with zero attached hydrogens (tertiary/aromatic N) is 2. The van der Waals surface area contributed by atoms with Gasteiger partial charge in [-0.25, -0.2) is 0 Å². The number of aryl methyl sites for hydroxylation is 1. The van der Waals surface area contributed by atoms with E-state index in [1.807, 2.05) is 104 Å². The molecular weight excluding hydrogens is 665 g/mol. The molecule has 0 aromatic heterocycles. The molecule has 1 saturated carbocycles.